The molecule has 2 bridgehead atoms. The zero-order valence-electron chi connectivity index (χ0n) is 19.9. The third-order valence-corrected chi connectivity index (χ3v) is 9.78. The summed E-state index contributed by atoms with van der Waals surface area (Å²) in [5.41, 5.74) is 3.27. The van der Waals surface area contributed by atoms with Crippen LogP contribution >= 0.6 is 0 Å². The van der Waals surface area contributed by atoms with E-state index in [1.165, 1.54) is 75.3 Å². The molecule has 33 heavy (non-hydrogen) atoms. The van der Waals surface area contributed by atoms with Gasteiger partial charge in [0.05, 0.1) is 0 Å². The second-order valence-electron chi connectivity index (χ2n) is 11.3. The summed E-state index contributed by atoms with van der Waals surface area (Å²) in [5.74, 6) is 2.81. The minimum atomic E-state index is -0.573. The van der Waals surface area contributed by atoms with Gasteiger partial charge in [-0.1, -0.05) is 38.2 Å². The van der Waals surface area contributed by atoms with Gasteiger partial charge in [0.15, 0.2) is 0 Å². The molecule has 5 heteroatoms. The lowest BCUT2D eigenvalue weighted by atomic mass is 9.53. The van der Waals surface area contributed by atoms with E-state index in [0.717, 1.165) is 43.4 Å². The van der Waals surface area contributed by atoms with Crippen molar-refractivity contribution in [2.24, 2.45) is 17.8 Å². The van der Waals surface area contributed by atoms with Crippen LogP contribution in [0.25, 0.3) is 0 Å². The summed E-state index contributed by atoms with van der Waals surface area (Å²) in [6.07, 6.45) is 15.6. The van der Waals surface area contributed by atoms with E-state index < -0.39 is 6.16 Å². The van der Waals surface area contributed by atoms with Gasteiger partial charge in [-0.15, -0.1) is 0 Å². The Hall–Kier alpha value is -1.75. The summed E-state index contributed by atoms with van der Waals surface area (Å²) in [4.78, 5) is 12.4. The topological polar surface area (TPSA) is 56.8 Å². The molecule has 1 N–H and O–H groups in total. The Balaban J connectivity index is 1.08. The van der Waals surface area contributed by atoms with Crippen molar-refractivity contribution in [3.8, 4) is 5.75 Å². The quantitative estimate of drug-likeness (QED) is 0.456. The van der Waals surface area contributed by atoms with Crippen molar-refractivity contribution in [2.45, 2.75) is 101 Å². The number of piperidine rings is 1. The lowest BCUT2D eigenvalue weighted by Gasteiger charge is -2.56. The number of benzene rings is 1. The summed E-state index contributed by atoms with van der Waals surface area (Å²) < 4.78 is 17.0. The number of nitrogens with one attached hydrogen (secondary N) is 1. The third kappa shape index (κ3) is 4.05. The highest BCUT2D eigenvalue weighted by molar-refractivity contribution is 5.60. The predicted molar refractivity (Wildman–Crippen MR) is 126 cm³/mol. The molecule has 1 saturated heterocycles. The van der Waals surface area contributed by atoms with Gasteiger partial charge in [0, 0.05) is 11.5 Å². The summed E-state index contributed by atoms with van der Waals surface area (Å²) in [6, 6.07) is 7.15. The fourth-order valence-corrected chi connectivity index (χ4v) is 8.32. The Bertz CT molecular complexity index is 865. The van der Waals surface area contributed by atoms with Crippen LogP contribution < -0.4 is 10.1 Å². The summed E-state index contributed by atoms with van der Waals surface area (Å²) in [6.45, 7) is 1.03. The lowest BCUT2D eigenvalue weighted by molar-refractivity contribution is -0.0562. The molecule has 4 aliphatic carbocycles. The van der Waals surface area contributed by atoms with E-state index in [4.69, 9.17) is 14.2 Å². The van der Waals surface area contributed by atoms with Gasteiger partial charge in [0.2, 0.25) is 6.79 Å². The van der Waals surface area contributed by atoms with Crippen molar-refractivity contribution in [3.05, 3.63) is 29.3 Å². The number of ether oxygens (including phenoxy) is 3. The van der Waals surface area contributed by atoms with Crippen molar-refractivity contribution in [2.75, 3.05) is 13.3 Å². The molecule has 0 radical (unpaired) electrons. The van der Waals surface area contributed by atoms with Gasteiger partial charge in [0.1, 0.15) is 11.9 Å². The Kier molecular flexibility index (Phi) is 6.02. The smallest absolute Gasteiger partial charge is 0.457 e. The van der Waals surface area contributed by atoms with Gasteiger partial charge in [-0.25, -0.2) is 4.79 Å². The number of fused-ring (bicyclic) bond motifs is 2. The largest absolute Gasteiger partial charge is 0.511 e. The third-order valence-electron chi connectivity index (χ3n) is 9.78. The van der Waals surface area contributed by atoms with Gasteiger partial charge >= 0.3 is 6.16 Å². The van der Waals surface area contributed by atoms with E-state index in [0.29, 0.717) is 17.4 Å². The van der Waals surface area contributed by atoms with Gasteiger partial charge in [-0.3, -0.25) is 0 Å². The van der Waals surface area contributed by atoms with Crippen LogP contribution in [0.15, 0.2) is 18.2 Å². The maximum absolute atomic E-state index is 12.4. The second-order valence-corrected chi connectivity index (χ2v) is 11.3. The minimum Gasteiger partial charge on any atom is -0.457 e. The van der Waals surface area contributed by atoms with Crippen LogP contribution in [0.5, 0.6) is 5.75 Å². The van der Waals surface area contributed by atoms with Crippen molar-refractivity contribution in [3.63, 3.8) is 0 Å². The van der Waals surface area contributed by atoms with Crippen LogP contribution in [0, 0.1) is 17.8 Å². The first-order valence-corrected chi connectivity index (χ1v) is 13.6. The van der Waals surface area contributed by atoms with Crippen LogP contribution in [0.2, 0.25) is 0 Å². The molecule has 5 nitrogen and oxygen atoms in total. The lowest BCUT2D eigenvalue weighted by Crippen LogP contribution is -2.59. The minimum absolute atomic E-state index is 0.0236. The molecule has 5 aliphatic rings. The number of rotatable bonds is 4. The van der Waals surface area contributed by atoms with Crippen molar-refractivity contribution >= 4 is 6.16 Å². The maximum Gasteiger partial charge on any atom is 0.511 e. The first kappa shape index (κ1) is 21.8. The van der Waals surface area contributed by atoms with Crippen molar-refractivity contribution < 1.29 is 19.0 Å². The molecule has 180 valence electrons. The van der Waals surface area contributed by atoms with E-state index in [9.17, 15) is 4.79 Å². The highest BCUT2D eigenvalue weighted by atomic mass is 16.8. The molecule has 1 unspecified atom stereocenters. The van der Waals surface area contributed by atoms with Crippen LogP contribution in [-0.2, 0) is 21.3 Å². The van der Waals surface area contributed by atoms with Gasteiger partial charge < -0.3 is 19.5 Å². The summed E-state index contributed by atoms with van der Waals surface area (Å²) in [7, 11) is 0. The average molecular weight is 454 g/mol. The summed E-state index contributed by atoms with van der Waals surface area (Å²) >= 11 is 0. The number of carbonyl (C=O) groups excluding carboxylic acids is 1. The molecule has 6 atom stereocenters. The first-order chi connectivity index (χ1) is 16.2. The molecule has 0 aromatic heterocycles. The van der Waals surface area contributed by atoms with Gasteiger partial charge in [-0.05, 0) is 98.9 Å². The fourth-order valence-electron chi connectivity index (χ4n) is 8.32. The predicted octanol–water partition coefficient (Wildman–Crippen LogP) is 5.88. The Labute approximate surface area is 197 Å². The average Bonchev–Trinajstić information content (AvgIpc) is 2.84. The Morgan fingerprint density at radius 2 is 1.88 bits per heavy atom. The molecule has 6 rings (SSSR count). The van der Waals surface area contributed by atoms with E-state index >= 15 is 0 Å². The molecule has 0 amide bonds. The number of hydrogen-bond donors (Lipinski definition) is 1. The molecule has 1 aromatic carbocycles. The van der Waals surface area contributed by atoms with Crippen LogP contribution in [0.3, 0.4) is 0 Å². The molecule has 1 aromatic rings. The number of carbonyl (C=O) groups is 1. The van der Waals surface area contributed by atoms with Crippen LogP contribution in [0.4, 0.5) is 4.79 Å². The van der Waals surface area contributed by atoms with Gasteiger partial charge in [-0.2, -0.15) is 0 Å². The molecule has 4 fully saturated rings. The molecular weight excluding hydrogens is 414 g/mol. The van der Waals surface area contributed by atoms with E-state index in [1.807, 2.05) is 6.07 Å². The molecule has 3 saturated carbocycles. The maximum atomic E-state index is 12.4. The zero-order chi connectivity index (χ0) is 22.3. The second kappa shape index (κ2) is 9.13. The van der Waals surface area contributed by atoms with Gasteiger partial charge in [0.25, 0.3) is 0 Å². The van der Waals surface area contributed by atoms with Crippen molar-refractivity contribution in [1.29, 1.82) is 0 Å². The highest BCUT2D eigenvalue weighted by Gasteiger charge is 2.51. The molecular formula is C28H39NO4. The molecule has 0 spiro atoms. The van der Waals surface area contributed by atoms with E-state index in [1.54, 1.807) is 0 Å². The summed E-state index contributed by atoms with van der Waals surface area (Å²) in [5, 5.41) is 3.79. The van der Waals surface area contributed by atoms with E-state index in [-0.39, 0.29) is 12.9 Å². The van der Waals surface area contributed by atoms with E-state index in [2.05, 4.69) is 17.4 Å². The normalized spacial score (nSPS) is 37.2. The fraction of sp³-hybridized carbons (Fsp3) is 0.750. The monoisotopic (exact) mass is 453 g/mol. The standard InChI is InChI=1S/C28H39NO4/c30-27(33-26-10-5-7-19-6-1-2-8-22(19)26)32-18-31-21-12-11-20-16-25-23-9-3-4-13-28(23,14-15-29-25)24(20)17-21/h11-12,17,19,22-23,25-26,29H,1-10,13-16,18H2/t19-,22-,23-,25+,26?,28+/m1/s1. The number of hydrogen-bond acceptors (Lipinski definition) is 5. The van der Waals surface area contributed by atoms with Crippen molar-refractivity contribution in [1.82, 2.24) is 5.32 Å². The molecule has 1 heterocycles. The Morgan fingerprint density at radius 1 is 1.00 bits per heavy atom. The Morgan fingerprint density at radius 3 is 2.85 bits per heavy atom. The highest BCUT2D eigenvalue weighted by Crippen LogP contribution is 2.54. The zero-order valence-corrected chi connectivity index (χ0v) is 19.9. The molecule has 1 aliphatic heterocycles. The van der Waals surface area contributed by atoms with Crippen LogP contribution in [-0.4, -0.2) is 31.6 Å². The van der Waals surface area contributed by atoms with Crippen LogP contribution in [0.1, 0.15) is 88.2 Å². The SMILES string of the molecule is O=C(OCOc1ccc2c(c1)[C@]13CCCC[C@@H]1[C@H](C2)NCC3)OC1CCC[C@H]2CCCC[C@@H]12. The first-order valence-electron chi connectivity index (χ1n) is 13.6.